The second-order valence-electron chi connectivity index (χ2n) is 20.2. The first-order chi connectivity index (χ1) is 38.1. The first-order valence-corrected chi connectivity index (χ1v) is 27.1. The zero-order valence-electron chi connectivity index (χ0n) is 47.0. The molecular formula is C52H87N13O16. The van der Waals surface area contributed by atoms with E-state index in [1.54, 1.807) is 58.0 Å². The Morgan fingerprint density at radius 1 is 0.494 bits per heavy atom. The predicted octanol–water partition coefficient (Wildman–Crippen LogP) is -4.64. The maximum atomic E-state index is 14.0. The summed E-state index contributed by atoms with van der Waals surface area (Å²) in [5.41, 5.74) is 17.6. The summed E-state index contributed by atoms with van der Waals surface area (Å²) in [5.74, 6) is -12.4. The van der Waals surface area contributed by atoms with Crippen LogP contribution in [0.4, 0.5) is 0 Å². The summed E-state index contributed by atoms with van der Waals surface area (Å²) in [7, 11) is 0. The Labute approximate surface area is 471 Å². The lowest BCUT2D eigenvalue weighted by atomic mass is 9.96. The molecule has 0 heterocycles. The van der Waals surface area contributed by atoms with E-state index in [1.807, 2.05) is 0 Å². The molecule has 81 heavy (non-hydrogen) atoms. The summed E-state index contributed by atoms with van der Waals surface area (Å²) in [6.45, 7) is 7.70. The number of hydrogen-bond donors (Lipinski definition) is 17. The Hall–Kier alpha value is -7.34. The van der Waals surface area contributed by atoms with E-state index in [2.05, 4.69) is 53.2 Å². The number of carboxylic acid groups (broad SMARTS) is 2. The highest BCUT2D eigenvalue weighted by atomic mass is 16.4. The van der Waals surface area contributed by atoms with Gasteiger partial charge in [0.25, 0.3) is 0 Å². The molecular weight excluding hydrogens is 1060 g/mol. The van der Waals surface area contributed by atoms with Crippen LogP contribution in [0.5, 0.6) is 0 Å². The number of unbranched alkanes of at least 4 members (excludes halogenated alkanes) is 2. The molecule has 11 atom stereocenters. The molecule has 1 rings (SSSR count). The van der Waals surface area contributed by atoms with Gasteiger partial charge in [0.2, 0.25) is 59.1 Å². The van der Waals surface area contributed by atoms with Crippen LogP contribution in [0.3, 0.4) is 0 Å². The Balaban J connectivity index is 3.13. The topological polar surface area (TPSA) is 484 Å². The molecule has 10 amide bonds. The zero-order chi connectivity index (χ0) is 61.4. The van der Waals surface area contributed by atoms with Crippen molar-refractivity contribution < 1.29 is 78.0 Å². The van der Waals surface area contributed by atoms with Gasteiger partial charge in [0.1, 0.15) is 48.3 Å². The van der Waals surface area contributed by atoms with Crippen LogP contribution in [0, 0.1) is 11.8 Å². The molecule has 0 aliphatic rings. The Morgan fingerprint density at radius 3 is 1.48 bits per heavy atom. The fraction of sp³-hybridized carbons (Fsp3) is 0.654. The quantitative estimate of drug-likeness (QED) is 0.0275. The molecule has 0 fully saturated rings. The lowest BCUT2D eigenvalue weighted by molar-refractivity contribution is -0.143. The number of benzene rings is 1. The third kappa shape index (κ3) is 28.6. The van der Waals surface area contributed by atoms with E-state index >= 15 is 0 Å². The van der Waals surface area contributed by atoms with Crippen LogP contribution in [-0.4, -0.2) is 185 Å². The molecule has 0 aliphatic carbocycles. The van der Waals surface area contributed by atoms with Crippen LogP contribution in [0.15, 0.2) is 30.3 Å². The van der Waals surface area contributed by atoms with Crippen molar-refractivity contribution in [3.8, 4) is 0 Å². The van der Waals surface area contributed by atoms with E-state index in [0.717, 1.165) is 6.92 Å². The van der Waals surface area contributed by atoms with E-state index in [9.17, 15) is 78.0 Å². The number of carboxylic acids is 2. The van der Waals surface area contributed by atoms with Crippen molar-refractivity contribution in [2.75, 3.05) is 32.7 Å². The summed E-state index contributed by atoms with van der Waals surface area (Å²) < 4.78 is 0. The van der Waals surface area contributed by atoms with Crippen molar-refractivity contribution in [2.24, 2.45) is 29.0 Å². The summed E-state index contributed by atoms with van der Waals surface area (Å²) in [6, 6.07) is -2.66. The lowest BCUT2D eigenvalue weighted by Crippen LogP contribution is -2.61. The number of aliphatic hydroxyl groups is 2. The number of hydrogen-bond acceptors (Lipinski definition) is 17. The Morgan fingerprint density at radius 2 is 0.963 bits per heavy atom. The maximum Gasteiger partial charge on any atom is 0.326 e. The largest absolute Gasteiger partial charge is 0.481 e. The molecule has 0 spiro atoms. The second-order valence-corrected chi connectivity index (χ2v) is 20.2. The molecule has 0 unspecified atom stereocenters. The standard InChI is InChI=1S/C52H87N13O16/c1-7-29(4)43(50(78)61-35(52(80)81)18-12-14-22-54)65-47(75)34(19-20-41(71)72)59-48(76)36(23-28(2)3)62-46(74)33(17-11-13-21-53)60-51(79)44(31(6)67)64-40(70)27-57-38(68)25-56-39(69)26-58-45(73)37(24-32-15-9-8-10-16-32)63-49(77)42(55)30(5)66/h8-10,15-16,28-31,33-37,42-44,66-67H,7,11-14,17-27,53-55H2,1-6H3,(H,56,69)(H,57,68)(H,58,73)(H,59,76)(H,60,79)(H,61,78)(H,62,74)(H,63,77)(H,64,70)(H,65,75)(H,71,72)(H,80,81)/t29-,30+,31+,33-,34-,35-,36-,37-,42-,43-,44-/m0/s1. The number of carbonyl (C=O) groups excluding carboxylic acids is 10. The first-order valence-electron chi connectivity index (χ1n) is 27.1. The zero-order valence-corrected chi connectivity index (χ0v) is 47.0. The normalized spacial score (nSPS) is 15.2. The molecule has 0 aliphatic heterocycles. The van der Waals surface area contributed by atoms with Crippen LogP contribution in [0.1, 0.15) is 111 Å². The van der Waals surface area contributed by atoms with E-state index in [1.165, 1.54) is 6.92 Å². The minimum atomic E-state index is -1.71. The smallest absolute Gasteiger partial charge is 0.326 e. The van der Waals surface area contributed by atoms with Gasteiger partial charge >= 0.3 is 11.9 Å². The number of nitrogens with two attached hydrogens (primary N) is 3. The maximum absolute atomic E-state index is 14.0. The first kappa shape index (κ1) is 71.7. The van der Waals surface area contributed by atoms with Gasteiger partial charge in [-0.2, -0.15) is 0 Å². The van der Waals surface area contributed by atoms with E-state index < -0.39 is 170 Å². The van der Waals surface area contributed by atoms with Crippen LogP contribution in [-0.2, 0) is 64.0 Å². The second kappa shape index (κ2) is 38.3. The highest BCUT2D eigenvalue weighted by Crippen LogP contribution is 2.14. The molecule has 0 saturated carbocycles. The number of amides is 10. The number of nitrogens with one attached hydrogen (secondary N) is 10. The number of aliphatic hydroxyl groups excluding tert-OH is 2. The van der Waals surface area contributed by atoms with Gasteiger partial charge in [-0.05, 0) is 95.7 Å². The monoisotopic (exact) mass is 1150 g/mol. The summed E-state index contributed by atoms with van der Waals surface area (Å²) in [6.07, 6.45) is -2.01. The van der Waals surface area contributed by atoms with Gasteiger partial charge in [-0.3, -0.25) is 52.7 Å². The van der Waals surface area contributed by atoms with Gasteiger partial charge in [-0.15, -0.1) is 0 Å². The van der Waals surface area contributed by atoms with Crippen LogP contribution >= 0.6 is 0 Å². The molecule has 1 aromatic rings. The lowest BCUT2D eigenvalue weighted by Gasteiger charge is -2.29. The molecule has 1 aromatic carbocycles. The highest BCUT2D eigenvalue weighted by molar-refractivity contribution is 5.98. The van der Waals surface area contributed by atoms with Crippen molar-refractivity contribution in [3.05, 3.63) is 35.9 Å². The molecule has 0 radical (unpaired) electrons. The minimum Gasteiger partial charge on any atom is -0.481 e. The summed E-state index contributed by atoms with van der Waals surface area (Å²) in [5, 5.41) is 63.7. The van der Waals surface area contributed by atoms with Crippen molar-refractivity contribution in [2.45, 2.75) is 173 Å². The average molecular weight is 1150 g/mol. The molecule has 29 heteroatoms. The molecule has 29 nitrogen and oxygen atoms in total. The fourth-order valence-electron chi connectivity index (χ4n) is 7.72. The van der Waals surface area contributed by atoms with Gasteiger partial charge < -0.3 is 90.8 Å². The van der Waals surface area contributed by atoms with E-state index in [4.69, 9.17) is 17.2 Å². The minimum absolute atomic E-state index is 0.00766. The number of aliphatic carboxylic acids is 2. The van der Waals surface area contributed by atoms with Gasteiger partial charge in [-0.1, -0.05) is 64.4 Å². The fourth-order valence-corrected chi connectivity index (χ4v) is 7.72. The van der Waals surface area contributed by atoms with E-state index in [0.29, 0.717) is 37.8 Å². The van der Waals surface area contributed by atoms with Crippen molar-refractivity contribution in [3.63, 3.8) is 0 Å². The SMILES string of the molecule is CC[C@H](C)[C@H](NC(=O)[C@H](CCC(=O)O)NC(=O)[C@H](CC(C)C)NC(=O)[C@H](CCCCN)NC(=O)[C@@H](NC(=O)CNC(=O)CNC(=O)CNC(=O)[C@H](Cc1ccccc1)NC(=O)[C@@H](N)[C@@H](C)O)[C@@H](C)O)C(=O)N[C@@H](CCCCN)C(=O)O. The molecule has 0 saturated heterocycles. The van der Waals surface area contributed by atoms with Crippen molar-refractivity contribution >= 4 is 71.0 Å². The van der Waals surface area contributed by atoms with Gasteiger partial charge in [-0.25, -0.2) is 4.79 Å². The predicted molar refractivity (Wildman–Crippen MR) is 293 cm³/mol. The van der Waals surface area contributed by atoms with Crippen molar-refractivity contribution in [1.29, 1.82) is 0 Å². The van der Waals surface area contributed by atoms with Crippen LogP contribution in [0.2, 0.25) is 0 Å². The highest BCUT2D eigenvalue weighted by Gasteiger charge is 2.36. The van der Waals surface area contributed by atoms with Crippen LogP contribution < -0.4 is 70.4 Å². The number of rotatable bonds is 40. The third-order valence-corrected chi connectivity index (χ3v) is 12.7. The number of carbonyl (C=O) groups is 12. The van der Waals surface area contributed by atoms with Gasteiger partial charge in [0, 0.05) is 12.8 Å². The summed E-state index contributed by atoms with van der Waals surface area (Å²) >= 11 is 0. The van der Waals surface area contributed by atoms with Gasteiger partial charge in [0.05, 0.1) is 31.8 Å². The summed E-state index contributed by atoms with van der Waals surface area (Å²) in [4.78, 5) is 157. The Bertz CT molecular complexity index is 2240. The van der Waals surface area contributed by atoms with Gasteiger partial charge in [0.15, 0.2) is 0 Å². The Kier molecular flexibility index (Phi) is 33.9. The molecule has 456 valence electrons. The molecule has 20 N–H and O–H groups in total. The molecule has 0 aromatic heterocycles. The van der Waals surface area contributed by atoms with E-state index in [-0.39, 0.29) is 44.6 Å². The van der Waals surface area contributed by atoms with Crippen molar-refractivity contribution in [1.82, 2.24) is 53.2 Å². The third-order valence-electron chi connectivity index (χ3n) is 12.7. The van der Waals surface area contributed by atoms with Crippen LogP contribution in [0.25, 0.3) is 0 Å². The molecule has 0 bridgehead atoms. The average Bonchev–Trinajstić information content (AvgIpc) is 3.43.